The number of pyridine rings is 1. The zero-order valence-electron chi connectivity index (χ0n) is 12.2. The van der Waals surface area contributed by atoms with Gasteiger partial charge in [-0.05, 0) is 35.9 Å². The van der Waals surface area contributed by atoms with E-state index in [9.17, 15) is 13.9 Å². The summed E-state index contributed by atoms with van der Waals surface area (Å²) in [6.07, 6.45) is -1.03. The van der Waals surface area contributed by atoms with E-state index in [1.165, 1.54) is 18.3 Å². The Bertz CT molecular complexity index is 575. The maximum atomic E-state index is 14.2. The molecule has 1 atom stereocenters. The normalized spacial score (nSPS) is 13.5. The fourth-order valence-corrected chi connectivity index (χ4v) is 1.72. The number of tetrazole rings is 1. The Morgan fingerprint density at radius 1 is 1.36 bits per heavy atom. The molecular formula is C13H17F2N5O2. The van der Waals surface area contributed by atoms with Crippen molar-refractivity contribution in [3.05, 3.63) is 35.4 Å². The van der Waals surface area contributed by atoms with Crippen LogP contribution < -0.4 is 0 Å². The third-order valence-corrected chi connectivity index (χ3v) is 2.94. The smallest absolute Gasteiger partial charge is 0.315 e. The summed E-state index contributed by atoms with van der Waals surface area (Å²) >= 11 is 0. The first-order chi connectivity index (χ1) is 10.4. The van der Waals surface area contributed by atoms with Gasteiger partial charge in [-0.2, -0.15) is 8.78 Å². The molecule has 9 heteroatoms. The number of aromatic nitrogens is 5. The number of rotatable bonds is 7. The van der Waals surface area contributed by atoms with Gasteiger partial charge in [-0.15, -0.1) is 5.10 Å². The van der Waals surface area contributed by atoms with Gasteiger partial charge in [0.25, 0.3) is 0 Å². The third-order valence-electron chi connectivity index (χ3n) is 2.94. The second kappa shape index (κ2) is 6.84. The van der Waals surface area contributed by atoms with E-state index in [4.69, 9.17) is 4.74 Å². The summed E-state index contributed by atoms with van der Waals surface area (Å²) in [6.45, 7) is 4.05. The first kappa shape index (κ1) is 16.4. The van der Waals surface area contributed by atoms with Crippen LogP contribution in [0.2, 0.25) is 0 Å². The molecule has 7 nitrogen and oxygen atoms in total. The summed E-state index contributed by atoms with van der Waals surface area (Å²) in [7, 11) is 0. The Hall–Kier alpha value is -2.00. The molecule has 0 aliphatic rings. The highest BCUT2D eigenvalue weighted by molar-refractivity contribution is 5.18. The molecule has 2 rings (SSSR count). The molecule has 0 radical (unpaired) electrons. The molecule has 0 spiro atoms. The maximum absolute atomic E-state index is 14.2. The third kappa shape index (κ3) is 4.01. The van der Waals surface area contributed by atoms with Gasteiger partial charge < -0.3 is 9.84 Å². The van der Waals surface area contributed by atoms with Crippen molar-refractivity contribution in [3.63, 3.8) is 0 Å². The molecule has 0 aromatic carbocycles. The van der Waals surface area contributed by atoms with Crippen LogP contribution in [0.15, 0.2) is 18.3 Å². The van der Waals surface area contributed by atoms with Gasteiger partial charge >= 0.3 is 5.92 Å². The van der Waals surface area contributed by atoms with Gasteiger partial charge in [0, 0.05) is 12.6 Å². The maximum Gasteiger partial charge on any atom is 0.315 e. The number of aromatic amines is 1. The first-order valence-electron chi connectivity index (χ1n) is 6.75. The molecular weight excluding hydrogens is 296 g/mol. The van der Waals surface area contributed by atoms with Crippen molar-refractivity contribution in [3.8, 4) is 0 Å². The summed E-state index contributed by atoms with van der Waals surface area (Å²) in [5, 5.41) is 22.1. The lowest BCUT2D eigenvalue weighted by Gasteiger charge is -2.21. The average molecular weight is 313 g/mol. The van der Waals surface area contributed by atoms with Crippen LogP contribution in [-0.2, 0) is 23.7 Å². The van der Waals surface area contributed by atoms with Gasteiger partial charge in [-0.3, -0.25) is 4.98 Å². The Morgan fingerprint density at radius 2 is 2.14 bits per heavy atom. The van der Waals surface area contributed by atoms with E-state index in [-0.39, 0.29) is 11.9 Å². The second-order valence-electron chi connectivity index (χ2n) is 5.10. The van der Waals surface area contributed by atoms with Crippen molar-refractivity contribution in [2.75, 3.05) is 0 Å². The van der Waals surface area contributed by atoms with Crippen LogP contribution in [0.5, 0.6) is 0 Å². The lowest BCUT2D eigenvalue weighted by Crippen LogP contribution is -2.34. The van der Waals surface area contributed by atoms with Crippen molar-refractivity contribution in [1.29, 1.82) is 0 Å². The Kier molecular flexibility index (Phi) is 5.09. The van der Waals surface area contributed by atoms with E-state index in [0.717, 1.165) is 0 Å². The van der Waals surface area contributed by atoms with Gasteiger partial charge in [-0.25, -0.2) is 5.10 Å². The van der Waals surface area contributed by atoms with E-state index in [1.807, 2.05) is 13.8 Å². The summed E-state index contributed by atoms with van der Waals surface area (Å²) < 4.78 is 33.7. The van der Waals surface area contributed by atoms with Gasteiger partial charge in [0.05, 0.1) is 12.7 Å². The van der Waals surface area contributed by atoms with Gasteiger partial charge in [-0.1, -0.05) is 6.07 Å². The Balaban J connectivity index is 2.04. The van der Waals surface area contributed by atoms with Crippen LogP contribution in [0.1, 0.15) is 30.9 Å². The van der Waals surface area contributed by atoms with Crippen LogP contribution in [0.3, 0.4) is 0 Å². The lowest BCUT2D eigenvalue weighted by atomic mass is 10.0. The summed E-state index contributed by atoms with van der Waals surface area (Å²) in [5.74, 6) is -3.43. The molecule has 0 aliphatic carbocycles. The number of aliphatic hydroxyl groups is 1. The van der Waals surface area contributed by atoms with E-state index in [2.05, 4.69) is 25.6 Å². The SMILES string of the molecule is CC(C)OCc1ccc(C(F)(F)C(O)Cc2nnn[nH]2)nc1. The number of halogens is 2. The molecule has 0 saturated carbocycles. The molecule has 22 heavy (non-hydrogen) atoms. The van der Waals surface area contributed by atoms with Crippen molar-refractivity contribution < 1.29 is 18.6 Å². The second-order valence-corrected chi connectivity index (χ2v) is 5.10. The van der Waals surface area contributed by atoms with Crippen LogP contribution in [0, 0.1) is 0 Å². The molecule has 0 bridgehead atoms. The first-order valence-corrected chi connectivity index (χ1v) is 6.75. The number of aliphatic hydroxyl groups excluding tert-OH is 1. The van der Waals surface area contributed by atoms with Crippen molar-refractivity contribution >= 4 is 0 Å². The largest absolute Gasteiger partial charge is 0.386 e. The summed E-state index contributed by atoms with van der Waals surface area (Å²) in [6, 6.07) is 2.68. The highest BCUT2D eigenvalue weighted by Gasteiger charge is 2.42. The molecule has 2 N–H and O–H groups in total. The lowest BCUT2D eigenvalue weighted by molar-refractivity contribution is -0.117. The summed E-state index contributed by atoms with van der Waals surface area (Å²) in [4.78, 5) is 3.73. The number of hydrogen-bond donors (Lipinski definition) is 2. The van der Waals surface area contributed by atoms with Crippen LogP contribution in [-0.4, -0.2) is 42.9 Å². The quantitative estimate of drug-likeness (QED) is 0.797. The molecule has 0 fully saturated rings. The molecule has 0 saturated heterocycles. The topological polar surface area (TPSA) is 96.8 Å². The van der Waals surface area contributed by atoms with E-state index in [1.54, 1.807) is 0 Å². The molecule has 0 aliphatic heterocycles. The molecule has 1 unspecified atom stereocenters. The molecule has 2 heterocycles. The fraction of sp³-hybridized carbons (Fsp3) is 0.538. The molecule has 120 valence electrons. The molecule has 0 amide bonds. The standard InChI is InChI=1S/C13H17F2N5O2/c1-8(2)22-7-9-3-4-10(16-6-9)13(14,15)11(21)5-12-17-19-20-18-12/h3-4,6,8,11,21H,5,7H2,1-2H3,(H,17,18,19,20). The van der Waals surface area contributed by atoms with Crippen molar-refractivity contribution in [2.45, 2.75) is 45.0 Å². The van der Waals surface area contributed by atoms with E-state index in [0.29, 0.717) is 12.2 Å². The highest BCUT2D eigenvalue weighted by atomic mass is 19.3. The van der Waals surface area contributed by atoms with E-state index < -0.39 is 24.1 Å². The minimum atomic E-state index is -3.51. The van der Waals surface area contributed by atoms with Crippen molar-refractivity contribution in [2.24, 2.45) is 0 Å². The number of nitrogens with zero attached hydrogens (tertiary/aromatic N) is 4. The Morgan fingerprint density at radius 3 is 2.68 bits per heavy atom. The van der Waals surface area contributed by atoms with Crippen LogP contribution in [0.4, 0.5) is 8.78 Å². The number of alkyl halides is 2. The predicted octanol–water partition coefficient (Wildman–Crippen LogP) is 1.22. The zero-order valence-corrected chi connectivity index (χ0v) is 12.2. The fourth-order valence-electron chi connectivity index (χ4n) is 1.72. The molecule has 2 aromatic rings. The monoisotopic (exact) mass is 313 g/mol. The minimum Gasteiger partial charge on any atom is -0.386 e. The highest BCUT2D eigenvalue weighted by Crippen LogP contribution is 2.31. The predicted molar refractivity (Wildman–Crippen MR) is 71.9 cm³/mol. The van der Waals surface area contributed by atoms with E-state index >= 15 is 0 Å². The zero-order chi connectivity index (χ0) is 16.2. The summed E-state index contributed by atoms with van der Waals surface area (Å²) in [5.41, 5.74) is 0.169. The van der Waals surface area contributed by atoms with Crippen molar-refractivity contribution in [1.82, 2.24) is 25.6 Å². The minimum absolute atomic E-state index is 0.0402. The number of ether oxygens (including phenoxy) is 1. The van der Waals surface area contributed by atoms with Gasteiger partial charge in [0.2, 0.25) is 0 Å². The van der Waals surface area contributed by atoms with Crippen LogP contribution in [0.25, 0.3) is 0 Å². The Labute approximate surface area is 125 Å². The number of nitrogens with one attached hydrogen (secondary N) is 1. The number of H-pyrrole nitrogens is 1. The molecule has 2 aromatic heterocycles. The average Bonchev–Trinajstić information content (AvgIpc) is 2.98. The van der Waals surface area contributed by atoms with Gasteiger partial charge in [0.1, 0.15) is 11.8 Å². The van der Waals surface area contributed by atoms with Crippen LogP contribution >= 0.6 is 0 Å². The van der Waals surface area contributed by atoms with Gasteiger partial charge in [0.15, 0.2) is 5.82 Å². The number of hydrogen-bond acceptors (Lipinski definition) is 6.